The number of carbonyl (C=O) groups is 1. The summed E-state index contributed by atoms with van der Waals surface area (Å²) in [5.41, 5.74) is 0.859. The first kappa shape index (κ1) is 15.5. The van der Waals surface area contributed by atoms with Gasteiger partial charge in [0.1, 0.15) is 4.88 Å². The van der Waals surface area contributed by atoms with Crippen LogP contribution in [0.2, 0.25) is 0 Å². The van der Waals surface area contributed by atoms with Gasteiger partial charge in [-0.15, -0.1) is 28.0 Å². The Morgan fingerprint density at radius 3 is 2.90 bits per heavy atom. The van der Waals surface area contributed by atoms with Gasteiger partial charge in [0.2, 0.25) is 5.91 Å². The van der Waals surface area contributed by atoms with E-state index >= 15 is 0 Å². The Morgan fingerprint density at radius 1 is 1.52 bits per heavy atom. The second-order valence-corrected chi connectivity index (χ2v) is 6.70. The van der Waals surface area contributed by atoms with Crippen LogP contribution in [0.4, 0.5) is 0 Å². The summed E-state index contributed by atoms with van der Waals surface area (Å²) in [4.78, 5) is 16.9. The predicted molar refractivity (Wildman–Crippen MR) is 82.0 cm³/mol. The van der Waals surface area contributed by atoms with Crippen molar-refractivity contribution in [1.29, 1.82) is 0 Å². The molecule has 2 rings (SSSR count). The zero-order valence-electron chi connectivity index (χ0n) is 11.8. The lowest BCUT2D eigenvalue weighted by Crippen LogP contribution is -2.31. The van der Waals surface area contributed by atoms with Crippen LogP contribution in [0.15, 0.2) is 9.64 Å². The number of rotatable bonds is 5. The maximum Gasteiger partial charge on any atom is 0.277 e. The second kappa shape index (κ2) is 6.74. The van der Waals surface area contributed by atoms with E-state index in [0.717, 1.165) is 15.6 Å². The van der Waals surface area contributed by atoms with Crippen molar-refractivity contribution in [3.8, 4) is 23.1 Å². The average molecular weight is 322 g/mol. The molecule has 0 radical (unpaired) electrons. The van der Waals surface area contributed by atoms with Crippen LogP contribution in [0.3, 0.4) is 0 Å². The summed E-state index contributed by atoms with van der Waals surface area (Å²) >= 11 is 2.69. The summed E-state index contributed by atoms with van der Waals surface area (Å²) in [7, 11) is 0. The summed E-state index contributed by atoms with van der Waals surface area (Å²) in [6.45, 7) is 5.78. The van der Waals surface area contributed by atoms with E-state index in [9.17, 15) is 4.79 Å². The van der Waals surface area contributed by atoms with Gasteiger partial charge in [0.05, 0.1) is 22.5 Å². The highest BCUT2D eigenvalue weighted by Gasteiger charge is 2.20. The van der Waals surface area contributed by atoms with Crippen LogP contribution in [-0.2, 0) is 4.79 Å². The van der Waals surface area contributed by atoms with Crippen LogP contribution in [0.25, 0.3) is 10.8 Å². The molecule has 2 aromatic heterocycles. The smallest absolute Gasteiger partial charge is 0.277 e. The number of hydrogen-bond donors (Lipinski definition) is 1. The fourth-order valence-corrected chi connectivity index (χ4v) is 3.11. The maximum atomic E-state index is 11.7. The van der Waals surface area contributed by atoms with Gasteiger partial charge >= 0.3 is 0 Å². The molecule has 0 aliphatic rings. The molecule has 0 aromatic carbocycles. The Hall–Kier alpha value is -1.85. The third-order valence-corrected chi connectivity index (χ3v) is 4.51. The monoisotopic (exact) mass is 322 g/mol. The second-order valence-electron chi connectivity index (χ2n) is 4.20. The van der Waals surface area contributed by atoms with Crippen LogP contribution in [-0.4, -0.2) is 32.9 Å². The summed E-state index contributed by atoms with van der Waals surface area (Å²) < 4.78 is 5.58. The van der Waals surface area contributed by atoms with Crippen molar-refractivity contribution in [3.63, 3.8) is 0 Å². The van der Waals surface area contributed by atoms with Gasteiger partial charge in [-0.25, -0.2) is 4.98 Å². The minimum absolute atomic E-state index is 0.164. The Kier molecular flexibility index (Phi) is 4.98. The number of nitrogens with one attached hydrogen (secondary N) is 1. The lowest BCUT2D eigenvalue weighted by molar-refractivity contribution is -0.120. The number of carbonyl (C=O) groups excluding carboxylic acids is 1. The number of aryl methyl sites for hydroxylation is 2. The van der Waals surface area contributed by atoms with Gasteiger partial charge in [0.25, 0.3) is 11.1 Å². The molecule has 0 aliphatic heterocycles. The van der Waals surface area contributed by atoms with E-state index in [0.29, 0.717) is 11.1 Å². The van der Waals surface area contributed by atoms with Gasteiger partial charge in [0, 0.05) is 0 Å². The minimum atomic E-state index is -0.365. The van der Waals surface area contributed by atoms with Crippen molar-refractivity contribution in [1.82, 2.24) is 20.5 Å². The lowest BCUT2D eigenvalue weighted by Gasteiger charge is -2.06. The van der Waals surface area contributed by atoms with Crippen LogP contribution in [0, 0.1) is 26.2 Å². The van der Waals surface area contributed by atoms with Crippen molar-refractivity contribution in [2.24, 2.45) is 0 Å². The fraction of sp³-hybridized carbons (Fsp3) is 0.385. The number of amides is 1. The molecule has 8 heteroatoms. The molecule has 0 saturated heterocycles. The van der Waals surface area contributed by atoms with E-state index in [-0.39, 0.29) is 17.7 Å². The highest BCUT2D eigenvalue weighted by Crippen LogP contribution is 2.31. The number of hydrogen-bond acceptors (Lipinski definition) is 7. The highest BCUT2D eigenvalue weighted by atomic mass is 32.2. The van der Waals surface area contributed by atoms with E-state index < -0.39 is 0 Å². The molecule has 110 valence electrons. The Balaban J connectivity index is 2.05. The molecule has 1 atom stereocenters. The topological polar surface area (TPSA) is 80.9 Å². The van der Waals surface area contributed by atoms with Gasteiger partial charge in [-0.2, -0.15) is 0 Å². The number of thioether (sulfide) groups is 1. The first-order valence-electron chi connectivity index (χ1n) is 6.17. The van der Waals surface area contributed by atoms with Crippen molar-refractivity contribution in [2.45, 2.75) is 31.2 Å². The summed E-state index contributed by atoms with van der Waals surface area (Å²) in [5.74, 6) is 2.62. The third-order valence-electron chi connectivity index (χ3n) is 2.52. The van der Waals surface area contributed by atoms with Gasteiger partial charge in [0.15, 0.2) is 0 Å². The van der Waals surface area contributed by atoms with Gasteiger partial charge in [-0.3, -0.25) is 4.79 Å². The summed E-state index contributed by atoms with van der Waals surface area (Å²) in [5, 5.41) is 11.5. The van der Waals surface area contributed by atoms with Crippen LogP contribution in [0.5, 0.6) is 0 Å². The molecule has 0 saturated carbocycles. The fourth-order valence-electron chi connectivity index (χ4n) is 1.57. The number of aromatic nitrogens is 3. The maximum absolute atomic E-state index is 11.7. The SMILES string of the molecule is C#CCNC(=O)C(C)Sc1nnc(-c2sc(C)nc2C)o1. The third kappa shape index (κ3) is 3.83. The standard InChI is InChI=1S/C13H14N4O2S2/c1-5-6-14-11(18)8(3)20-13-17-16-12(19-13)10-7(2)15-9(4)21-10/h1,8H,6H2,2-4H3,(H,14,18). The first-order valence-corrected chi connectivity index (χ1v) is 7.86. The normalized spacial score (nSPS) is 11.9. The molecule has 0 spiro atoms. The molecule has 0 fully saturated rings. The summed E-state index contributed by atoms with van der Waals surface area (Å²) in [6.07, 6.45) is 5.10. The van der Waals surface area contributed by atoms with Crippen molar-refractivity contribution in [2.75, 3.05) is 6.54 Å². The molecule has 1 unspecified atom stereocenters. The Morgan fingerprint density at radius 2 is 2.29 bits per heavy atom. The van der Waals surface area contributed by atoms with Gasteiger partial charge < -0.3 is 9.73 Å². The molecule has 0 bridgehead atoms. The van der Waals surface area contributed by atoms with Crippen LogP contribution < -0.4 is 5.32 Å². The van der Waals surface area contributed by atoms with Gasteiger partial charge in [-0.05, 0) is 20.8 Å². The zero-order valence-corrected chi connectivity index (χ0v) is 13.5. The summed E-state index contributed by atoms with van der Waals surface area (Å²) in [6, 6.07) is 0. The molecular weight excluding hydrogens is 308 g/mol. The van der Waals surface area contributed by atoms with Crippen molar-refractivity contribution >= 4 is 29.0 Å². The van der Waals surface area contributed by atoms with Crippen molar-refractivity contribution in [3.05, 3.63) is 10.7 Å². The molecular formula is C13H14N4O2S2. The predicted octanol–water partition coefficient (Wildman–Crippen LogP) is 2.04. The van der Waals surface area contributed by atoms with E-state index in [2.05, 4.69) is 26.4 Å². The molecule has 6 nitrogen and oxygen atoms in total. The van der Waals surface area contributed by atoms with Crippen molar-refractivity contribution < 1.29 is 9.21 Å². The Bertz CT molecular complexity index is 687. The number of terminal acetylenes is 1. The molecule has 2 heterocycles. The zero-order chi connectivity index (χ0) is 15.4. The molecule has 2 aromatic rings. The van der Waals surface area contributed by atoms with Crippen LogP contribution in [0.1, 0.15) is 17.6 Å². The first-order chi connectivity index (χ1) is 10.0. The average Bonchev–Trinajstić information content (AvgIpc) is 3.02. The highest BCUT2D eigenvalue weighted by molar-refractivity contribution is 8.00. The lowest BCUT2D eigenvalue weighted by atomic mass is 10.4. The van der Waals surface area contributed by atoms with E-state index in [1.165, 1.54) is 23.1 Å². The van der Waals surface area contributed by atoms with E-state index in [4.69, 9.17) is 10.8 Å². The van der Waals surface area contributed by atoms with E-state index in [1.807, 2.05) is 13.8 Å². The number of thiazole rings is 1. The molecule has 1 amide bonds. The Labute approximate surface area is 130 Å². The largest absolute Gasteiger partial charge is 0.410 e. The van der Waals surface area contributed by atoms with Gasteiger partial charge in [-0.1, -0.05) is 17.7 Å². The molecule has 1 N–H and O–H groups in total. The van der Waals surface area contributed by atoms with E-state index in [1.54, 1.807) is 6.92 Å². The molecule has 0 aliphatic carbocycles. The minimum Gasteiger partial charge on any atom is -0.410 e. The quantitative estimate of drug-likeness (QED) is 0.670. The number of nitrogens with zero attached hydrogens (tertiary/aromatic N) is 3. The van der Waals surface area contributed by atoms with Crippen LogP contribution >= 0.6 is 23.1 Å². The molecule has 21 heavy (non-hydrogen) atoms.